The van der Waals surface area contributed by atoms with E-state index in [-0.39, 0.29) is 12.1 Å². The molecule has 2 N–H and O–H groups in total. The molecular formula is C15H21NO2. The van der Waals surface area contributed by atoms with Gasteiger partial charge in [-0.2, -0.15) is 0 Å². The number of ether oxygens (including phenoxy) is 1. The van der Waals surface area contributed by atoms with Gasteiger partial charge >= 0.3 is 0 Å². The van der Waals surface area contributed by atoms with Crippen LogP contribution < -0.4 is 5.32 Å². The molecule has 0 amide bonds. The summed E-state index contributed by atoms with van der Waals surface area (Å²) in [5, 5.41) is 14.5. The Morgan fingerprint density at radius 2 is 2.06 bits per heavy atom. The van der Waals surface area contributed by atoms with Crippen LogP contribution >= 0.6 is 0 Å². The molecule has 3 rings (SSSR count). The maximum absolute atomic E-state index is 11.0. The maximum Gasteiger partial charge on any atom is 0.0928 e. The summed E-state index contributed by atoms with van der Waals surface area (Å²) in [6, 6.07) is 8.96. The smallest absolute Gasteiger partial charge is 0.0928 e. The van der Waals surface area contributed by atoms with Gasteiger partial charge in [-0.05, 0) is 30.4 Å². The Balaban J connectivity index is 1.89. The van der Waals surface area contributed by atoms with Crippen molar-refractivity contribution in [2.75, 3.05) is 13.2 Å². The number of fused-ring (bicyclic) bond motifs is 2. The molecule has 3 heteroatoms. The predicted octanol–water partition coefficient (Wildman–Crippen LogP) is 1.59. The first-order chi connectivity index (χ1) is 8.69. The van der Waals surface area contributed by atoms with Crippen molar-refractivity contribution >= 4 is 0 Å². The maximum atomic E-state index is 11.0. The monoisotopic (exact) mass is 247 g/mol. The lowest BCUT2D eigenvalue weighted by molar-refractivity contribution is -0.0802. The molecule has 0 saturated carbocycles. The van der Waals surface area contributed by atoms with Crippen molar-refractivity contribution in [3.63, 3.8) is 0 Å². The first-order valence-corrected chi connectivity index (χ1v) is 6.85. The second-order valence-corrected chi connectivity index (χ2v) is 5.59. The number of morpholine rings is 1. The molecule has 0 aliphatic carbocycles. The van der Waals surface area contributed by atoms with Crippen LogP contribution in [0.1, 0.15) is 30.9 Å². The van der Waals surface area contributed by atoms with E-state index in [1.165, 1.54) is 5.56 Å². The van der Waals surface area contributed by atoms with E-state index in [0.29, 0.717) is 13.2 Å². The molecule has 1 aromatic carbocycles. The third kappa shape index (κ3) is 2.18. The van der Waals surface area contributed by atoms with Crippen LogP contribution in [-0.4, -0.2) is 30.4 Å². The fraction of sp³-hybridized carbons (Fsp3) is 0.600. The number of aryl methyl sites for hydroxylation is 1. The summed E-state index contributed by atoms with van der Waals surface area (Å²) in [6.45, 7) is 3.58. The highest BCUT2D eigenvalue weighted by molar-refractivity contribution is 5.29. The number of piperidine rings is 1. The third-order valence-electron chi connectivity index (χ3n) is 4.15. The largest absolute Gasteiger partial charge is 0.385 e. The number of nitrogens with one attached hydrogen (secondary N) is 1. The average molecular weight is 247 g/mol. The zero-order chi connectivity index (χ0) is 12.6. The topological polar surface area (TPSA) is 41.5 Å². The van der Waals surface area contributed by atoms with E-state index in [2.05, 4.69) is 36.5 Å². The summed E-state index contributed by atoms with van der Waals surface area (Å²) >= 11 is 0. The van der Waals surface area contributed by atoms with Gasteiger partial charge < -0.3 is 15.2 Å². The average Bonchev–Trinajstić information content (AvgIpc) is 2.38. The fourth-order valence-corrected chi connectivity index (χ4v) is 3.23. The molecule has 0 radical (unpaired) electrons. The molecule has 2 aliphatic rings. The van der Waals surface area contributed by atoms with E-state index < -0.39 is 5.60 Å². The highest BCUT2D eigenvalue weighted by atomic mass is 16.5. The van der Waals surface area contributed by atoms with Crippen LogP contribution in [-0.2, 0) is 16.8 Å². The highest BCUT2D eigenvalue weighted by Crippen LogP contribution is 2.36. The summed E-state index contributed by atoms with van der Waals surface area (Å²) in [5.74, 6) is 0. The zero-order valence-electron chi connectivity index (χ0n) is 10.9. The molecule has 18 heavy (non-hydrogen) atoms. The summed E-state index contributed by atoms with van der Waals surface area (Å²) < 4.78 is 5.54. The van der Waals surface area contributed by atoms with Gasteiger partial charge in [0.2, 0.25) is 0 Å². The minimum Gasteiger partial charge on any atom is -0.385 e. The zero-order valence-corrected chi connectivity index (χ0v) is 10.9. The number of hydrogen-bond donors (Lipinski definition) is 2. The van der Waals surface area contributed by atoms with E-state index in [1.807, 2.05) is 0 Å². The standard InChI is InChI=1S/C15H21NO2/c1-2-11-4-3-5-12(6-11)15(17)7-13-9-18-10-14(8-15)16-13/h3-6,13-14,16-17H,2,7-10H2,1H3. The van der Waals surface area contributed by atoms with Crippen LogP contribution in [0.2, 0.25) is 0 Å². The predicted molar refractivity (Wildman–Crippen MR) is 70.5 cm³/mol. The van der Waals surface area contributed by atoms with E-state index >= 15 is 0 Å². The van der Waals surface area contributed by atoms with Gasteiger partial charge in [-0.25, -0.2) is 0 Å². The van der Waals surface area contributed by atoms with Gasteiger partial charge in [-0.3, -0.25) is 0 Å². The van der Waals surface area contributed by atoms with Gasteiger partial charge in [0.25, 0.3) is 0 Å². The quantitative estimate of drug-likeness (QED) is 0.834. The van der Waals surface area contributed by atoms with Crippen molar-refractivity contribution in [3.05, 3.63) is 35.4 Å². The van der Waals surface area contributed by atoms with Gasteiger partial charge in [0, 0.05) is 12.1 Å². The van der Waals surface area contributed by atoms with Crippen molar-refractivity contribution in [1.82, 2.24) is 5.32 Å². The Labute approximate surface area is 108 Å². The summed E-state index contributed by atoms with van der Waals surface area (Å²) in [6.07, 6.45) is 2.51. The molecule has 0 spiro atoms. The number of aliphatic hydroxyl groups is 1. The van der Waals surface area contributed by atoms with Crippen molar-refractivity contribution in [2.24, 2.45) is 0 Å². The highest BCUT2D eigenvalue weighted by Gasteiger charge is 2.42. The van der Waals surface area contributed by atoms with Crippen molar-refractivity contribution in [2.45, 2.75) is 43.9 Å². The fourth-order valence-electron chi connectivity index (χ4n) is 3.23. The van der Waals surface area contributed by atoms with Gasteiger partial charge in [-0.1, -0.05) is 31.2 Å². The minimum absolute atomic E-state index is 0.285. The van der Waals surface area contributed by atoms with E-state index in [0.717, 1.165) is 24.8 Å². The summed E-state index contributed by atoms with van der Waals surface area (Å²) in [5.41, 5.74) is 1.68. The van der Waals surface area contributed by atoms with Gasteiger partial charge in [0.1, 0.15) is 0 Å². The Hall–Kier alpha value is -0.900. The number of benzene rings is 1. The van der Waals surface area contributed by atoms with Gasteiger partial charge in [0.05, 0.1) is 18.8 Å². The van der Waals surface area contributed by atoms with E-state index in [9.17, 15) is 5.11 Å². The van der Waals surface area contributed by atoms with Gasteiger partial charge in [0.15, 0.2) is 0 Å². The molecule has 3 nitrogen and oxygen atoms in total. The molecule has 0 aromatic heterocycles. The molecule has 2 fully saturated rings. The van der Waals surface area contributed by atoms with E-state index in [4.69, 9.17) is 4.74 Å². The minimum atomic E-state index is -0.685. The number of rotatable bonds is 2. The Kier molecular flexibility index (Phi) is 3.14. The summed E-state index contributed by atoms with van der Waals surface area (Å²) in [7, 11) is 0. The molecule has 2 unspecified atom stereocenters. The molecule has 2 saturated heterocycles. The van der Waals surface area contributed by atoms with E-state index in [1.54, 1.807) is 0 Å². The molecule has 2 heterocycles. The van der Waals surface area contributed by atoms with Crippen LogP contribution in [0.3, 0.4) is 0 Å². The first kappa shape index (κ1) is 12.2. The normalized spacial score (nSPS) is 35.4. The molecule has 2 bridgehead atoms. The van der Waals surface area contributed by atoms with Crippen molar-refractivity contribution < 1.29 is 9.84 Å². The lowest BCUT2D eigenvalue weighted by atomic mass is 9.77. The van der Waals surface area contributed by atoms with Crippen LogP contribution in [0.5, 0.6) is 0 Å². The van der Waals surface area contributed by atoms with Crippen molar-refractivity contribution in [1.29, 1.82) is 0 Å². The van der Waals surface area contributed by atoms with Crippen LogP contribution in [0.15, 0.2) is 24.3 Å². The molecule has 98 valence electrons. The SMILES string of the molecule is CCc1cccc(C2(O)CC3COCC(C2)N3)c1. The molecule has 2 aliphatic heterocycles. The Morgan fingerprint density at radius 3 is 2.72 bits per heavy atom. The Morgan fingerprint density at radius 1 is 1.33 bits per heavy atom. The lowest BCUT2D eigenvalue weighted by Crippen LogP contribution is -2.58. The molecule has 2 atom stereocenters. The van der Waals surface area contributed by atoms with Crippen LogP contribution in [0.4, 0.5) is 0 Å². The summed E-state index contributed by atoms with van der Waals surface area (Å²) in [4.78, 5) is 0. The second-order valence-electron chi connectivity index (χ2n) is 5.59. The number of hydrogen-bond acceptors (Lipinski definition) is 3. The van der Waals surface area contributed by atoms with Crippen LogP contribution in [0.25, 0.3) is 0 Å². The lowest BCUT2D eigenvalue weighted by Gasteiger charge is -2.45. The van der Waals surface area contributed by atoms with Crippen LogP contribution in [0, 0.1) is 0 Å². The third-order valence-corrected chi connectivity index (χ3v) is 4.15. The first-order valence-electron chi connectivity index (χ1n) is 6.85. The molecule has 1 aromatic rings. The second kappa shape index (κ2) is 4.65. The Bertz CT molecular complexity index is 420. The van der Waals surface area contributed by atoms with Crippen molar-refractivity contribution in [3.8, 4) is 0 Å². The molecular weight excluding hydrogens is 226 g/mol. The van der Waals surface area contributed by atoms with Gasteiger partial charge in [-0.15, -0.1) is 0 Å².